The van der Waals surface area contributed by atoms with Crippen LogP contribution < -0.4 is 10.6 Å². The number of Topliss-reactive ketones (excluding diaryl/α,β-unsaturated/α-hetero) is 1. The Bertz CT molecular complexity index is 943. The molecule has 0 bridgehead atoms. The maximum Gasteiger partial charge on any atom is 0.408 e. The fourth-order valence-corrected chi connectivity index (χ4v) is 3.18. The number of aryl methyl sites for hydroxylation is 1. The van der Waals surface area contributed by atoms with Crippen LogP contribution in [0.2, 0.25) is 5.02 Å². The summed E-state index contributed by atoms with van der Waals surface area (Å²) in [4.78, 5) is 36.3. The zero-order chi connectivity index (χ0) is 21.2. The minimum absolute atomic E-state index is 0.0467. The number of nitrogens with one attached hydrogen (secondary N) is 2. The number of halogens is 5. The smallest absolute Gasteiger partial charge is 0.338 e. The third-order valence-electron chi connectivity index (χ3n) is 3.61. The van der Waals surface area contributed by atoms with Gasteiger partial charge in [0.1, 0.15) is 11.9 Å². The van der Waals surface area contributed by atoms with E-state index in [2.05, 4.69) is 5.32 Å². The minimum atomic E-state index is -4.69. The van der Waals surface area contributed by atoms with Crippen molar-refractivity contribution in [1.29, 1.82) is 0 Å². The topological polar surface area (TPSA) is 75.3 Å². The molecule has 150 valence electrons. The van der Waals surface area contributed by atoms with Crippen molar-refractivity contribution in [3.05, 3.63) is 50.4 Å². The molecule has 5 nitrogen and oxygen atoms in total. The molecule has 1 atom stereocenters. The molecule has 2 amide bonds. The molecular formula is C17H13ClF4N2O3S. The van der Waals surface area contributed by atoms with E-state index in [0.717, 1.165) is 23.5 Å². The molecule has 2 N–H and O–H groups in total. The van der Waals surface area contributed by atoms with Crippen LogP contribution in [0.1, 0.15) is 31.8 Å². The highest BCUT2D eigenvalue weighted by Crippen LogP contribution is 2.25. The van der Waals surface area contributed by atoms with Gasteiger partial charge in [0, 0.05) is 10.6 Å². The van der Waals surface area contributed by atoms with Crippen molar-refractivity contribution in [2.75, 3.05) is 5.32 Å². The molecule has 2 rings (SSSR count). The predicted octanol–water partition coefficient (Wildman–Crippen LogP) is 4.35. The van der Waals surface area contributed by atoms with E-state index in [1.807, 2.05) is 0 Å². The van der Waals surface area contributed by atoms with Gasteiger partial charge < -0.3 is 10.6 Å². The lowest BCUT2D eigenvalue weighted by atomic mass is 10.2. The highest BCUT2D eigenvalue weighted by molar-refractivity contribution is 7.15. The summed E-state index contributed by atoms with van der Waals surface area (Å²) in [6.07, 6.45) is -4.69. The van der Waals surface area contributed by atoms with Gasteiger partial charge in [0.25, 0.3) is 17.6 Å². The third-order valence-corrected chi connectivity index (χ3v) is 4.95. The normalized spacial score (nSPS) is 12.4. The summed E-state index contributed by atoms with van der Waals surface area (Å²) in [6.45, 7) is 2.21. The highest BCUT2D eigenvalue weighted by Gasteiger charge is 2.38. The SMILES string of the molecule is Cc1sc(C(=O)C(=O)NC(C)C(F)(F)F)cc1C(=O)Nc1ccc(F)c(Cl)c1. The first-order chi connectivity index (χ1) is 12.9. The summed E-state index contributed by atoms with van der Waals surface area (Å²) in [7, 11) is 0. The number of thiophene rings is 1. The number of amides is 2. The number of alkyl halides is 3. The average Bonchev–Trinajstić information content (AvgIpc) is 2.98. The molecule has 0 aliphatic rings. The number of benzene rings is 1. The van der Waals surface area contributed by atoms with Crippen LogP contribution in [0.5, 0.6) is 0 Å². The van der Waals surface area contributed by atoms with E-state index in [1.54, 1.807) is 5.32 Å². The van der Waals surface area contributed by atoms with Gasteiger partial charge in [-0.25, -0.2) is 4.39 Å². The van der Waals surface area contributed by atoms with Crippen LogP contribution >= 0.6 is 22.9 Å². The van der Waals surface area contributed by atoms with Crippen LogP contribution in [0.15, 0.2) is 24.3 Å². The maximum atomic E-state index is 13.2. The van der Waals surface area contributed by atoms with Crippen molar-refractivity contribution in [3.8, 4) is 0 Å². The first-order valence-electron chi connectivity index (χ1n) is 7.69. The quantitative estimate of drug-likeness (QED) is 0.415. The minimum Gasteiger partial charge on any atom is -0.338 e. The van der Waals surface area contributed by atoms with Crippen molar-refractivity contribution >= 4 is 46.2 Å². The molecule has 0 saturated carbocycles. The summed E-state index contributed by atoms with van der Waals surface area (Å²) < 4.78 is 50.7. The highest BCUT2D eigenvalue weighted by atomic mass is 35.5. The van der Waals surface area contributed by atoms with Crippen LogP contribution in [-0.4, -0.2) is 29.8 Å². The Labute approximate surface area is 165 Å². The molecule has 0 aliphatic carbocycles. The molecule has 0 spiro atoms. The van der Waals surface area contributed by atoms with Crippen molar-refractivity contribution < 1.29 is 31.9 Å². The van der Waals surface area contributed by atoms with Crippen LogP contribution in [0.25, 0.3) is 0 Å². The Hall–Kier alpha value is -2.46. The van der Waals surface area contributed by atoms with Gasteiger partial charge in [0.15, 0.2) is 0 Å². The monoisotopic (exact) mass is 436 g/mol. The number of carbonyl (C=O) groups excluding carboxylic acids is 3. The number of rotatable bonds is 5. The van der Waals surface area contributed by atoms with Crippen LogP contribution in [0, 0.1) is 12.7 Å². The number of carbonyl (C=O) groups is 3. The van der Waals surface area contributed by atoms with Crippen LogP contribution in [-0.2, 0) is 4.79 Å². The number of hydrogen-bond donors (Lipinski definition) is 2. The number of anilines is 1. The summed E-state index contributed by atoms with van der Waals surface area (Å²) in [5.74, 6) is -3.94. The van der Waals surface area contributed by atoms with E-state index in [4.69, 9.17) is 11.6 Å². The Morgan fingerprint density at radius 2 is 1.82 bits per heavy atom. The van der Waals surface area contributed by atoms with Gasteiger partial charge in [-0.1, -0.05) is 11.6 Å². The van der Waals surface area contributed by atoms with Crippen molar-refractivity contribution in [2.24, 2.45) is 0 Å². The zero-order valence-electron chi connectivity index (χ0n) is 14.4. The lowest BCUT2D eigenvalue weighted by Gasteiger charge is -2.16. The largest absolute Gasteiger partial charge is 0.408 e. The van der Waals surface area contributed by atoms with Gasteiger partial charge in [-0.05, 0) is 38.1 Å². The molecule has 0 radical (unpaired) electrons. The second-order valence-corrected chi connectivity index (χ2v) is 7.39. The molecule has 28 heavy (non-hydrogen) atoms. The predicted molar refractivity (Wildman–Crippen MR) is 96.4 cm³/mol. The second kappa shape index (κ2) is 8.27. The van der Waals surface area contributed by atoms with Crippen molar-refractivity contribution in [3.63, 3.8) is 0 Å². The lowest BCUT2D eigenvalue weighted by Crippen LogP contribution is -2.45. The molecule has 1 unspecified atom stereocenters. The first kappa shape index (κ1) is 21.8. The van der Waals surface area contributed by atoms with Gasteiger partial charge in [-0.15, -0.1) is 11.3 Å². The van der Waals surface area contributed by atoms with Gasteiger partial charge in [-0.2, -0.15) is 13.2 Å². The van der Waals surface area contributed by atoms with Gasteiger partial charge >= 0.3 is 6.18 Å². The van der Waals surface area contributed by atoms with Crippen molar-refractivity contribution in [2.45, 2.75) is 26.1 Å². The Kier molecular flexibility index (Phi) is 6.45. The summed E-state index contributed by atoms with van der Waals surface area (Å²) in [5, 5.41) is 3.82. The molecular weight excluding hydrogens is 424 g/mol. The molecule has 0 fully saturated rings. The molecule has 0 aliphatic heterocycles. The zero-order valence-corrected chi connectivity index (χ0v) is 16.0. The molecule has 0 saturated heterocycles. The van der Waals surface area contributed by atoms with Crippen LogP contribution in [0.4, 0.5) is 23.2 Å². The molecule has 11 heteroatoms. The molecule has 1 heterocycles. The second-order valence-electron chi connectivity index (χ2n) is 5.73. The summed E-state index contributed by atoms with van der Waals surface area (Å²) in [6, 6.07) is 2.43. The molecule has 1 aromatic heterocycles. The number of hydrogen-bond acceptors (Lipinski definition) is 4. The van der Waals surface area contributed by atoms with E-state index < -0.39 is 35.6 Å². The number of ketones is 1. The van der Waals surface area contributed by atoms with E-state index in [0.29, 0.717) is 11.8 Å². The van der Waals surface area contributed by atoms with E-state index in [1.165, 1.54) is 19.1 Å². The van der Waals surface area contributed by atoms with E-state index in [-0.39, 0.29) is 21.2 Å². The van der Waals surface area contributed by atoms with Crippen LogP contribution in [0.3, 0.4) is 0 Å². The van der Waals surface area contributed by atoms with E-state index in [9.17, 15) is 31.9 Å². The van der Waals surface area contributed by atoms with Gasteiger partial charge in [0.2, 0.25) is 0 Å². The Morgan fingerprint density at radius 1 is 1.18 bits per heavy atom. The first-order valence-corrected chi connectivity index (χ1v) is 8.88. The molecule has 2 aromatic rings. The lowest BCUT2D eigenvalue weighted by molar-refractivity contribution is -0.156. The summed E-state index contributed by atoms with van der Waals surface area (Å²) >= 11 is 6.43. The molecule has 1 aromatic carbocycles. The van der Waals surface area contributed by atoms with Crippen molar-refractivity contribution in [1.82, 2.24) is 5.32 Å². The Balaban J connectivity index is 2.15. The fraction of sp³-hybridized carbons (Fsp3) is 0.235. The summed E-state index contributed by atoms with van der Waals surface area (Å²) in [5.41, 5.74) is 0.247. The fourth-order valence-electron chi connectivity index (χ4n) is 2.05. The average molecular weight is 437 g/mol. The van der Waals surface area contributed by atoms with Gasteiger partial charge in [-0.3, -0.25) is 14.4 Å². The standard InChI is InChI=1S/C17H13ClF4N2O3S/c1-7-10(15(26)24-9-3-4-12(19)11(18)5-9)6-13(28-7)14(25)16(27)23-8(2)17(20,21)22/h3-6,8H,1-2H3,(H,23,27)(H,24,26). The Morgan fingerprint density at radius 3 is 2.39 bits per heavy atom. The third kappa shape index (κ3) is 5.08. The van der Waals surface area contributed by atoms with E-state index >= 15 is 0 Å². The van der Waals surface area contributed by atoms with Gasteiger partial charge in [0.05, 0.1) is 15.5 Å². The maximum absolute atomic E-state index is 13.2.